The van der Waals surface area contributed by atoms with Crippen LogP contribution in [0, 0.1) is 46.3 Å². The molecule has 0 radical (unpaired) electrons. The minimum absolute atomic E-state index is 0.440. The SMILES string of the molecule is C[C@]12CCC3C(CC[C@H]4[C@H](O[Si](C)(C)C)[C@@H]5C[C@@H]5C[C@]34C)C1CC[C@H]2O[Si](C)(C)C. The van der Waals surface area contributed by atoms with Gasteiger partial charge in [-0.25, -0.2) is 0 Å². The van der Waals surface area contributed by atoms with Crippen molar-refractivity contribution < 1.29 is 8.85 Å². The summed E-state index contributed by atoms with van der Waals surface area (Å²) in [6, 6.07) is 0. The highest BCUT2D eigenvalue weighted by Crippen LogP contribution is 2.71. The molecule has 0 spiro atoms. The standard InChI is InChI=1S/C26H48O2Si2/c1-25-14-13-21-18(20(25)11-12-23(25)27-29(3,4)5)9-10-22-24(28-30(6,7)8)19-15-17(19)16-26(21,22)2/h17-24H,9-16H2,1-8H3/t17-,18?,19-,20?,21?,22+,23-,24-,25+,26-/m1/s1. The Labute approximate surface area is 188 Å². The summed E-state index contributed by atoms with van der Waals surface area (Å²) in [5.74, 6) is 5.50. The van der Waals surface area contributed by atoms with Crippen molar-refractivity contribution in [2.24, 2.45) is 46.3 Å². The molecule has 172 valence electrons. The van der Waals surface area contributed by atoms with E-state index < -0.39 is 16.6 Å². The van der Waals surface area contributed by atoms with Crippen molar-refractivity contribution in [2.75, 3.05) is 0 Å². The average Bonchev–Trinajstić information content (AvgIpc) is 3.28. The Kier molecular flexibility index (Phi) is 5.12. The molecule has 0 amide bonds. The fourth-order valence-electron chi connectivity index (χ4n) is 9.25. The monoisotopic (exact) mass is 448 g/mol. The number of rotatable bonds is 4. The maximum Gasteiger partial charge on any atom is 0.184 e. The molecule has 0 aromatic rings. The van der Waals surface area contributed by atoms with Gasteiger partial charge < -0.3 is 8.85 Å². The molecule has 4 heteroatoms. The lowest BCUT2D eigenvalue weighted by Gasteiger charge is -2.62. The first-order valence-corrected chi connectivity index (χ1v) is 20.0. The number of fused-ring (bicyclic) bond motifs is 6. The molecule has 0 bridgehead atoms. The Balaban J connectivity index is 1.39. The summed E-state index contributed by atoms with van der Waals surface area (Å²) in [6.45, 7) is 19.7. The molecule has 0 aliphatic heterocycles. The van der Waals surface area contributed by atoms with Crippen molar-refractivity contribution in [3.63, 3.8) is 0 Å². The van der Waals surface area contributed by atoms with Crippen LogP contribution in [0.1, 0.15) is 65.2 Å². The Morgan fingerprint density at radius 1 is 0.667 bits per heavy atom. The van der Waals surface area contributed by atoms with Gasteiger partial charge in [-0.05, 0) is 137 Å². The normalized spacial score (nSPS) is 52.8. The van der Waals surface area contributed by atoms with Crippen LogP contribution >= 0.6 is 0 Å². The second-order valence-electron chi connectivity index (χ2n) is 14.5. The molecule has 5 fully saturated rings. The lowest BCUT2D eigenvalue weighted by Crippen LogP contribution is -2.58. The Bertz CT molecular complexity index is 682. The largest absolute Gasteiger partial charge is 0.414 e. The first-order valence-electron chi connectivity index (χ1n) is 13.2. The number of hydrogen-bond acceptors (Lipinski definition) is 2. The van der Waals surface area contributed by atoms with Crippen LogP contribution < -0.4 is 0 Å². The van der Waals surface area contributed by atoms with Gasteiger partial charge in [-0.2, -0.15) is 0 Å². The molecule has 5 aliphatic carbocycles. The van der Waals surface area contributed by atoms with E-state index in [0.717, 1.165) is 35.5 Å². The molecule has 10 atom stereocenters. The summed E-state index contributed by atoms with van der Waals surface area (Å²) in [6.07, 6.45) is 12.6. The molecule has 0 aromatic carbocycles. The quantitative estimate of drug-likeness (QED) is 0.419. The van der Waals surface area contributed by atoms with E-state index in [4.69, 9.17) is 8.85 Å². The van der Waals surface area contributed by atoms with Gasteiger partial charge in [0.2, 0.25) is 0 Å². The molecule has 2 nitrogen and oxygen atoms in total. The highest BCUT2D eigenvalue weighted by atomic mass is 28.4. The smallest absolute Gasteiger partial charge is 0.184 e. The Hall–Kier alpha value is 0.354. The second kappa shape index (κ2) is 6.93. The molecular weight excluding hydrogens is 400 g/mol. The maximum atomic E-state index is 6.95. The van der Waals surface area contributed by atoms with Crippen molar-refractivity contribution in [1.82, 2.24) is 0 Å². The van der Waals surface area contributed by atoms with E-state index in [1.165, 1.54) is 51.4 Å². The topological polar surface area (TPSA) is 18.5 Å². The predicted molar refractivity (Wildman–Crippen MR) is 131 cm³/mol. The molecule has 0 aromatic heterocycles. The van der Waals surface area contributed by atoms with Crippen LogP contribution in [-0.4, -0.2) is 28.8 Å². The average molecular weight is 449 g/mol. The molecule has 0 saturated heterocycles. The van der Waals surface area contributed by atoms with Gasteiger partial charge >= 0.3 is 0 Å². The molecule has 0 N–H and O–H groups in total. The molecule has 5 rings (SSSR count). The van der Waals surface area contributed by atoms with Crippen molar-refractivity contribution >= 4 is 16.6 Å². The third kappa shape index (κ3) is 3.55. The third-order valence-corrected chi connectivity index (χ3v) is 12.3. The molecule has 30 heavy (non-hydrogen) atoms. The van der Waals surface area contributed by atoms with Crippen molar-refractivity contribution in [1.29, 1.82) is 0 Å². The van der Waals surface area contributed by atoms with Gasteiger partial charge in [0.15, 0.2) is 16.6 Å². The van der Waals surface area contributed by atoms with E-state index in [9.17, 15) is 0 Å². The van der Waals surface area contributed by atoms with Crippen LogP contribution in [0.25, 0.3) is 0 Å². The van der Waals surface area contributed by atoms with Crippen LogP contribution in [0.2, 0.25) is 39.3 Å². The van der Waals surface area contributed by atoms with E-state index in [1.807, 2.05) is 0 Å². The van der Waals surface area contributed by atoms with E-state index in [0.29, 0.717) is 23.0 Å². The zero-order valence-corrected chi connectivity index (χ0v) is 23.1. The molecule has 5 saturated carbocycles. The van der Waals surface area contributed by atoms with Gasteiger partial charge in [0, 0.05) is 0 Å². The lowest BCUT2D eigenvalue weighted by molar-refractivity contribution is -0.147. The summed E-state index contributed by atoms with van der Waals surface area (Å²) >= 11 is 0. The second-order valence-corrected chi connectivity index (χ2v) is 23.4. The molecular formula is C26H48O2Si2. The maximum absolute atomic E-state index is 6.95. The summed E-state index contributed by atoms with van der Waals surface area (Å²) in [5.41, 5.74) is 0.972. The van der Waals surface area contributed by atoms with Gasteiger partial charge in [0.1, 0.15) is 0 Å². The molecule has 0 heterocycles. The van der Waals surface area contributed by atoms with Gasteiger partial charge in [0.05, 0.1) is 12.2 Å². The molecule has 5 aliphatic rings. The van der Waals surface area contributed by atoms with Crippen molar-refractivity contribution in [2.45, 2.75) is 117 Å². The van der Waals surface area contributed by atoms with Crippen LogP contribution in [-0.2, 0) is 8.85 Å². The summed E-state index contributed by atoms with van der Waals surface area (Å²) < 4.78 is 13.8. The van der Waals surface area contributed by atoms with Crippen molar-refractivity contribution in [3.05, 3.63) is 0 Å². The van der Waals surface area contributed by atoms with Gasteiger partial charge in [-0.15, -0.1) is 0 Å². The lowest BCUT2D eigenvalue weighted by atomic mass is 9.45. The van der Waals surface area contributed by atoms with E-state index >= 15 is 0 Å². The van der Waals surface area contributed by atoms with Gasteiger partial charge in [0.25, 0.3) is 0 Å². The fraction of sp³-hybridized carbons (Fsp3) is 1.00. The minimum atomic E-state index is -1.49. The Morgan fingerprint density at radius 2 is 1.30 bits per heavy atom. The summed E-state index contributed by atoms with van der Waals surface area (Å²) in [4.78, 5) is 0. The van der Waals surface area contributed by atoms with Crippen LogP contribution in [0.3, 0.4) is 0 Å². The third-order valence-electron chi connectivity index (χ3n) is 10.3. The predicted octanol–water partition coefficient (Wildman–Crippen LogP) is 7.33. The number of hydrogen-bond donors (Lipinski definition) is 0. The summed E-state index contributed by atoms with van der Waals surface area (Å²) in [7, 11) is -2.97. The highest BCUT2D eigenvalue weighted by Gasteiger charge is 2.66. The summed E-state index contributed by atoms with van der Waals surface area (Å²) in [5, 5.41) is 0. The zero-order chi connectivity index (χ0) is 21.7. The molecule has 3 unspecified atom stereocenters. The van der Waals surface area contributed by atoms with Gasteiger partial charge in [-0.1, -0.05) is 13.8 Å². The highest BCUT2D eigenvalue weighted by molar-refractivity contribution is 6.70. The first-order chi connectivity index (χ1) is 13.8. The van der Waals surface area contributed by atoms with E-state index in [1.54, 1.807) is 0 Å². The van der Waals surface area contributed by atoms with Crippen LogP contribution in [0.4, 0.5) is 0 Å². The van der Waals surface area contributed by atoms with Crippen LogP contribution in [0.15, 0.2) is 0 Å². The zero-order valence-electron chi connectivity index (χ0n) is 21.1. The van der Waals surface area contributed by atoms with E-state index in [2.05, 4.69) is 53.1 Å². The fourth-order valence-corrected chi connectivity index (χ4v) is 11.6. The first kappa shape index (κ1) is 22.2. The van der Waals surface area contributed by atoms with Gasteiger partial charge in [-0.3, -0.25) is 0 Å². The van der Waals surface area contributed by atoms with Crippen LogP contribution in [0.5, 0.6) is 0 Å². The van der Waals surface area contributed by atoms with E-state index in [-0.39, 0.29) is 0 Å². The minimum Gasteiger partial charge on any atom is -0.414 e. The Morgan fingerprint density at radius 3 is 1.97 bits per heavy atom. The van der Waals surface area contributed by atoms with Crippen molar-refractivity contribution in [3.8, 4) is 0 Å².